The fourth-order valence-corrected chi connectivity index (χ4v) is 6.06. The van der Waals surface area contributed by atoms with Crippen molar-refractivity contribution in [3.63, 3.8) is 0 Å². The molecule has 29 heavy (non-hydrogen) atoms. The number of hydrogen-bond donors (Lipinski definition) is 2. The highest BCUT2D eigenvalue weighted by Crippen LogP contribution is 2.45. The van der Waals surface area contributed by atoms with Crippen LogP contribution in [0.25, 0.3) is 16.0 Å². The van der Waals surface area contributed by atoms with Crippen molar-refractivity contribution in [2.45, 2.75) is 51.0 Å². The lowest BCUT2D eigenvalue weighted by molar-refractivity contribution is 0.0694. The highest BCUT2D eigenvalue weighted by atomic mass is 32.1. The van der Waals surface area contributed by atoms with Gasteiger partial charge in [0.2, 0.25) is 0 Å². The third kappa shape index (κ3) is 2.93. The number of aromatic carboxylic acids is 1. The number of fused-ring (bicyclic) bond motifs is 2. The maximum Gasteiger partial charge on any atom is 0.341 e. The molecule has 5 rings (SSSR count). The van der Waals surface area contributed by atoms with Gasteiger partial charge in [0.1, 0.15) is 5.56 Å². The third-order valence-corrected chi connectivity index (χ3v) is 7.63. The van der Waals surface area contributed by atoms with Crippen LogP contribution in [0.15, 0.2) is 29.2 Å². The van der Waals surface area contributed by atoms with Crippen LogP contribution in [0, 0.1) is 6.92 Å². The normalized spacial score (nSPS) is 18.8. The highest BCUT2D eigenvalue weighted by molar-refractivity contribution is 7.15. The highest BCUT2D eigenvalue weighted by Gasteiger charge is 2.30. The van der Waals surface area contributed by atoms with Gasteiger partial charge in [0.05, 0.1) is 5.52 Å². The van der Waals surface area contributed by atoms with Crippen molar-refractivity contribution in [3.8, 4) is 10.4 Å². The number of aromatic nitrogens is 1. The van der Waals surface area contributed by atoms with E-state index in [0.29, 0.717) is 12.0 Å². The molecular formula is C23H24N2O3S. The zero-order chi connectivity index (χ0) is 20.3. The van der Waals surface area contributed by atoms with Gasteiger partial charge >= 0.3 is 5.97 Å². The number of aryl methyl sites for hydroxylation is 2. The van der Waals surface area contributed by atoms with Crippen molar-refractivity contribution in [3.05, 3.63) is 61.9 Å². The summed E-state index contributed by atoms with van der Waals surface area (Å²) in [6.07, 6.45) is 7.34. The molecule has 150 valence electrons. The number of carboxylic acids is 1. The maximum atomic E-state index is 12.8. The first-order chi connectivity index (χ1) is 14.0. The van der Waals surface area contributed by atoms with Gasteiger partial charge in [-0.25, -0.2) is 4.79 Å². The number of pyridine rings is 2. The zero-order valence-corrected chi connectivity index (χ0v) is 17.4. The second-order valence-electron chi connectivity index (χ2n) is 8.19. The molecule has 1 fully saturated rings. The summed E-state index contributed by atoms with van der Waals surface area (Å²) >= 11 is 1.85. The first-order valence-electron chi connectivity index (χ1n) is 10.2. The van der Waals surface area contributed by atoms with Crippen molar-refractivity contribution in [2.75, 3.05) is 7.05 Å². The van der Waals surface area contributed by atoms with Crippen LogP contribution >= 0.6 is 11.3 Å². The molecule has 0 saturated heterocycles. The lowest BCUT2D eigenvalue weighted by atomic mass is 9.93. The SMILES string of the molecule is CNC1CCCc2sc(-c3ccn4c(=O)c(C(=O)O)cc(C5CC5)c4c3C)cc21. The van der Waals surface area contributed by atoms with Crippen LogP contribution < -0.4 is 10.9 Å². The number of carboxylic acid groups (broad SMARTS) is 1. The van der Waals surface area contributed by atoms with Gasteiger partial charge in [-0.1, -0.05) is 0 Å². The zero-order valence-electron chi connectivity index (χ0n) is 16.6. The van der Waals surface area contributed by atoms with Crippen LogP contribution in [0.2, 0.25) is 0 Å². The van der Waals surface area contributed by atoms with Crippen LogP contribution in [0.5, 0.6) is 0 Å². The van der Waals surface area contributed by atoms with Crippen LogP contribution in [0.3, 0.4) is 0 Å². The Balaban J connectivity index is 1.73. The number of nitrogens with one attached hydrogen (secondary N) is 1. The Kier molecular flexibility index (Phi) is 4.37. The standard InChI is InChI=1S/C23H24N2O3S/c1-12-14(20-11-16-18(24-2)4-3-5-19(16)29-20)8-9-25-21(12)15(13-6-7-13)10-17(22(25)26)23(27)28/h8-11,13,18,24H,3-7H2,1-2H3,(H,27,28). The summed E-state index contributed by atoms with van der Waals surface area (Å²) in [5.74, 6) is -0.806. The average molecular weight is 409 g/mol. The Morgan fingerprint density at radius 2 is 2.03 bits per heavy atom. The number of carbonyl (C=O) groups is 1. The molecule has 2 aliphatic rings. The van der Waals surface area contributed by atoms with Gasteiger partial charge in [-0.05, 0) is 92.4 Å². The van der Waals surface area contributed by atoms with Crippen molar-refractivity contribution < 1.29 is 9.90 Å². The van der Waals surface area contributed by atoms with Crippen molar-refractivity contribution in [1.29, 1.82) is 0 Å². The van der Waals surface area contributed by atoms with Gasteiger partial charge in [0.25, 0.3) is 5.56 Å². The van der Waals surface area contributed by atoms with E-state index in [1.165, 1.54) is 21.7 Å². The fourth-order valence-electron chi connectivity index (χ4n) is 4.71. The van der Waals surface area contributed by atoms with Gasteiger partial charge in [0.15, 0.2) is 0 Å². The molecule has 3 aromatic heterocycles. The number of hydrogen-bond acceptors (Lipinski definition) is 4. The number of thiophene rings is 1. The van der Waals surface area contributed by atoms with Crippen LogP contribution in [-0.4, -0.2) is 22.5 Å². The molecule has 0 aliphatic heterocycles. The molecule has 3 heterocycles. The van der Waals surface area contributed by atoms with Crippen LogP contribution in [-0.2, 0) is 6.42 Å². The van der Waals surface area contributed by atoms with Gasteiger partial charge < -0.3 is 10.4 Å². The molecule has 0 radical (unpaired) electrons. The number of rotatable bonds is 4. The molecule has 3 aromatic rings. The molecule has 0 amide bonds. The molecule has 6 heteroatoms. The molecule has 0 spiro atoms. The molecule has 0 aromatic carbocycles. The van der Waals surface area contributed by atoms with Crippen LogP contribution in [0.4, 0.5) is 0 Å². The van der Waals surface area contributed by atoms with E-state index in [9.17, 15) is 14.7 Å². The molecule has 1 saturated carbocycles. The van der Waals surface area contributed by atoms with E-state index in [1.807, 2.05) is 24.5 Å². The number of nitrogens with zero attached hydrogens (tertiary/aromatic N) is 1. The summed E-state index contributed by atoms with van der Waals surface area (Å²) in [4.78, 5) is 27.1. The summed E-state index contributed by atoms with van der Waals surface area (Å²) < 4.78 is 1.54. The predicted molar refractivity (Wildman–Crippen MR) is 115 cm³/mol. The summed E-state index contributed by atoms with van der Waals surface area (Å²) in [6.45, 7) is 2.06. The van der Waals surface area contributed by atoms with E-state index < -0.39 is 11.5 Å². The minimum atomic E-state index is -1.16. The third-order valence-electron chi connectivity index (χ3n) is 6.39. The maximum absolute atomic E-state index is 12.8. The molecule has 2 N–H and O–H groups in total. The summed E-state index contributed by atoms with van der Waals surface area (Å²) in [5, 5.41) is 12.9. The topological polar surface area (TPSA) is 70.8 Å². The molecule has 5 nitrogen and oxygen atoms in total. The predicted octanol–water partition coefficient (Wildman–Crippen LogP) is 4.51. The van der Waals surface area contributed by atoms with E-state index in [-0.39, 0.29) is 5.56 Å². The Labute approximate surface area is 173 Å². The Bertz CT molecular complexity index is 1200. The Morgan fingerprint density at radius 1 is 1.24 bits per heavy atom. The first kappa shape index (κ1) is 18.6. The van der Waals surface area contributed by atoms with E-state index in [2.05, 4.69) is 18.3 Å². The lowest BCUT2D eigenvalue weighted by Gasteiger charge is -2.21. The molecule has 0 bridgehead atoms. The minimum absolute atomic E-state index is 0.139. The van der Waals surface area contributed by atoms with Gasteiger partial charge in [-0.2, -0.15) is 0 Å². The van der Waals surface area contributed by atoms with Gasteiger partial charge in [-0.15, -0.1) is 11.3 Å². The second-order valence-corrected chi connectivity index (χ2v) is 9.33. The van der Waals surface area contributed by atoms with Gasteiger partial charge in [-0.3, -0.25) is 9.20 Å². The molecular weight excluding hydrogens is 384 g/mol. The largest absolute Gasteiger partial charge is 0.477 e. The molecule has 2 aliphatic carbocycles. The van der Waals surface area contributed by atoms with E-state index in [0.717, 1.165) is 47.9 Å². The second kappa shape index (κ2) is 6.82. The summed E-state index contributed by atoms with van der Waals surface area (Å²) in [5.41, 5.74) is 4.89. The van der Waals surface area contributed by atoms with Crippen molar-refractivity contribution in [1.82, 2.24) is 9.72 Å². The van der Waals surface area contributed by atoms with Crippen molar-refractivity contribution in [2.24, 2.45) is 0 Å². The first-order valence-corrected chi connectivity index (χ1v) is 11.0. The van der Waals surface area contributed by atoms with Crippen LogP contribution in [0.1, 0.15) is 69.6 Å². The van der Waals surface area contributed by atoms with Crippen molar-refractivity contribution >= 4 is 22.8 Å². The average Bonchev–Trinajstić information content (AvgIpc) is 3.46. The quantitative estimate of drug-likeness (QED) is 0.666. The smallest absolute Gasteiger partial charge is 0.341 e. The van der Waals surface area contributed by atoms with Gasteiger partial charge in [0, 0.05) is 22.0 Å². The molecule has 1 atom stereocenters. The molecule has 1 unspecified atom stereocenters. The van der Waals surface area contributed by atoms with E-state index in [4.69, 9.17) is 0 Å². The summed E-state index contributed by atoms with van der Waals surface area (Å²) in [7, 11) is 2.02. The van der Waals surface area contributed by atoms with E-state index >= 15 is 0 Å². The fraction of sp³-hybridized carbons (Fsp3) is 0.391. The lowest BCUT2D eigenvalue weighted by Crippen LogP contribution is -2.23. The summed E-state index contributed by atoms with van der Waals surface area (Å²) in [6, 6.07) is 6.30. The monoisotopic (exact) mass is 408 g/mol. The Hall–Kier alpha value is -2.44. The minimum Gasteiger partial charge on any atom is -0.477 e. The van der Waals surface area contributed by atoms with E-state index in [1.54, 1.807) is 16.7 Å². The Morgan fingerprint density at radius 3 is 2.72 bits per heavy atom.